The van der Waals surface area contributed by atoms with Gasteiger partial charge in [0.2, 0.25) is 0 Å². The van der Waals surface area contributed by atoms with E-state index >= 15 is 0 Å². The second-order valence-electron chi connectivity index (χ2n) is 6.00. The number of fused-ring (bicyclic) bond motifs is 2. The van der Waals surface area contributed by atoms with Gasteiger partial charge in [0.1, 0.15) is 17.1 Å². The molecular weight excluding hydrogens is 356 g/mol. The number of nitrogens with zero attached hydrogens (tertiary/aromatic N) is 3. The van der Waals surface area contributed by atoms with Gasteiger partial charge in [-0.05, 0) is 31.2 Å². The Kier molecular flexibility index (Phi) is 3.81. The summed E-state index contributed by atoms with van der Waals surface area (Å²) in [4.78, 5) is 30.5. The highest BCUT2D eigenvalue weighted by Gasteiger charge is 2.23. The molecule has 0 spiro atoms. The molecule has 2 aromatic heterocycles. The van der Waals surface area contributed by atoms with Crippen LogP contribution in [-0.2, 0) is 4.79 Å². The number of pyridine rings is 1. The highest BCUT2D eigenvalue weighted by Crippen LogP contribution is 2.33. The SMILES string of the molecule is Cc1nc2cc(Cl)ccn2c1C(=O)Nc1ccc2c(c1)N(C)C(=O)CO2. The lowest BCUT2D eigenvalue weighted by Crippen LogP contribution is -2.35. The van der Waals surface area contributed by atoms with Gasteiger partial charge in [0.05, 0.1) is 11.4 Å². The molecule has 4 rings (SSSR count). The van der Waals surface area contributed by atoms with E-state index in [0.29, 0.717) is 39.2 Å². The molecule has 0 bridgehead atoms. The number of halogens is 1. The quantitative estimate of drug-likeness (QED) is 0.752. The normalized spacial score (nSPS) is 13.5. The van der Waals surface area contributed by atoms with E-state index in [4.69, 9.17) is 16.3 Å². The monoisotopic (exact) mass is 370 g/mol. The second-order valence-corrected chi connectivity index (χ2v) is 6.43. The number of likely N-dealkylation sites (N-methyl/N-ethyl adjacent to an activating group) is 1. The summed E-state index contributed by atoms with van der Waals surface area (Å²) in [7, 11) is 1.67. The highest BCUT2D eigenvalue weighted by atomic mass is 35.5. The largest absolute Gasteiger partial charge is 0.482 e. The van der Waals surface area contributed by atoms with Gasteiger partial charge in [0, 0.05) is 30.0 Å². The molecule has 0 aliphatic carbocycles. The van der Waals surface area contributed by atoms with Crippen molar-refractivity contribution in [2.45, 2.75) is 6.92 Å². The average molecular weight is 371 g/mol. The molecule has 0 saturated heterocycles. The zero-order chi connectivity index (χ0) is 18.4. The van der Waals surface area contributed by atoms with Crippen molar-refractivity contribution in [1.29, 1.82) is 0 Å². The maximum absolute atomic E-state index is 12.8. The molecule has 7 nitrogen and oxygen atoms in total. The van der Waals surface area contributed by atoms with Crippen LogP contribution >= 0.6 is 11.6 Å². The molecule has 132 valence electrons. The fraction of sp³-hybridized carbons (Fsp3) is 0.167. The summed E-state index contributed by atoms with van der Waals surface area (Å²) in [6.45, 7) is 1.78. The number of imidazole rings is 1. The van der Waals surface area contributed by atoms with Crippen LogP contribution in [0, 0.1) is 6.92 Å². The van der Waals surface area contributed by atoms with Gasteiger partial charge in [-0.25, -0.2) is 4.98 Å². The Balaban J connectivity index is 1.67. The van der Waals surface area contributed by atoms with Crippen LogP contribution < -0.4 is 15.0 Å². The van der Waals surface area contributed by atoms with Crippen molar-refractivity contribution in [3.63, 3.8) is 0 Å². The van der Waals surface area contributed by atoms with E-state index in [9.17, 15) is 9.59 Å². The molecule has 0 atom stereocenters. The fourth-order valence-corrected chi connectivity index (χ4v) is 3.11. The van der Waals surface area contributed by atoms with Crippen LogP contribution in [0.25, 0.3) is 5.65 Å². The maximum Gasteiger partial charge on any atom is 0.274 e. The smallest absolute Gasteiger partial charge is 0.274 e. The lowest BCUT2D eigenvalue weighted by Gasteiger charge is -2.26. The summed E-state index contributed by atoms with van der Waals surface area (Å²) in [5, 5.41) is 3.40. The third-order valence-electron chi connectivity index (χ3n) is 4.28. The van der Waals surface area contributed by atoms with Crippen molar-refractivity contribution < 1.29 is 14.3 Å². The molecule has 3 heterocycles. The van der Waals surface area contributed by atoms with E-state index in [1.165, 1.54) is 4.90 Å². The minimum Gasteiger partial charge on any atom is -0.482 e. The number of benzene rings is 1. The van der Waals surface area contributed by atoms with Gasteiger partial charge < -0.3 is 15.0 Å². The molecule has 2 amide bonds. The molecule has 0 saturated carbocycles. The van der Waals surface area contributed by atoms with Crippen molar-refractivity contribution in [2.75, 3.05) is 23.9 Å². The molecule has 1 aliphatic rings. The number of carbonyl (C=O) groups excluding carboxylic acids is 2. The molecule has 1 aromatic carbocycles. The van der Waals surface area contributed by atoms with E-state index in [2.05, 4.69) is 10.3 Å². The Morgan fingerprint density at radius 2 is 2.12 bits per heavy atom. The van der Waals surface area contributed by atoms with E-state index in [1.54, 1.807) is 54.9 Å². The number of amides is 2. The van der Waals surface area contributed by atoms with Crippen molar-refractivity contribution in [1.82, 2.24) is 9.38 Å². The summed E-state index contributed by atoms with van der Waals surface area (Å²) in [5.74, 6) is 0.157. The van der Waals surface area contributed by atoms with Crippen molar-refractivity contribution in [3.05, 3.63) is 52.9 Å². The van der Waals surface area contributed by atoms with Gasteiger partial charge in [0.25, 0.3) is 11.8 Å². The summed E-state index contributed by atoms with van der Waals surface area (Å²) in [6, 6.07) is 8.57. The first-order chi connectivity index (χ1) is 12.4. The number of aromatic nitrogens is 2. The fourth-order valence-electron chi connectivity index (χ4n) is 2.95. The van der Waals surface area contributed by atoms with Crippen LogP contribution in [0.3, 0.4) is 0 Å². The summed E-state index contributed by atoms with van der Waals surface area (Å²) >= 11 is 5.98. The van der Waals surface area contributed by atoms with Crippen LogP contribution in [0.5, 0.6) is 5.75 Å². The van der Waals surface area contributed by atoms with Crippen LogP contribution in [0.2, 0.25) is 5.02 Å². The molecule has 8 heteroatoms. The van der Waals surface area contributed by atoms with E-state index in [0.717, 1.165) is 0 Å². The first kappa shape index (κ1) is 16.4. The molecule has 3 aromatic rings. The van der Waals surface area contributed by atoms with Crippen molar-refractivity contribution in [2.24, 2.45) is 0 Å². The average Bonchev–Trinajstić information content (AvgIpc) is 2.93. The zero-order valence-electron chi connectivity index (χ0n) is 14.1. The molecule has 0 radical (unpaired) electrons. The highest BCUT2D eigenvalue weighted by molar-refractivity contribution is 6.30. The number of aryl methyl sites for hydroxylation is 1. The van der Waals surface area contributed by atoms with Gasteiger partial charge in [-0.2, -0.15) is 0 Å². The van der Waals surface area contributed by atoms with E-state index < -0.39 is 0 Å². The van der Waals surface area contributed by atoms with Crippen LogP contribution in [-0.4, -0.2) is 34.9 Å². The predicted molar refractivity (Wildman–Crippen MR) is 98.2 cm³/mol. The summed E-state index contributed by atoms with van der Waals surface area (Å²) in [6.07, 6.45) is 1.71. The van der Waals surface area contributed by atoms with Gasteiger partial charge in [-0.1, -0.05) is 11.6 Å². The Hall–Kier alpha value is -3.06. The lowest BCUT2D eigenvalue weighted by atomic mass is 10.2. The summed E-state index contributed by atoms with van der Waals surface area (Å²) < 4.78 is 7.08. The molecular formula is C18H15ClN4O3. The van der Waals surface area contributed by atoms with E-state index in [1.807, 2.05) is 0 Å². The molecule has 0 fully saturated rings. The zero-order valence-corrected chi connectivity index (χ0v) is 14.9. The first-order valence-electron chi connectivity index (χ1n) is 7.93. The number of hydrogen-bond acceptors (Lipinski definition) is 4. The van der Waals surface area contributed by atoms with Crippen molar-refractivity contribution in [3.8, 4) is 5.75 Å². The van der Waals surface area contributed by atoms with Gasteiger partial charge in [-0.3, -0.25) is 14.0 Å². The predicted octanol–water partition coefficient (Wildman–Crippen LogP) is 2.90. The number of rotatable bonds is 2. The third kappa shape index (κ3) is 2.66. The number of hydrogen-bond donors (Lipinski definition) is 1. The standard InChI is InChI=1S/C18H15ClN4O3/c1-10-17(23-6-5-11(19)7-15(23)20-10)18(25)21-12-3-4-14-13(8-12)22(2)16(24)9-26-14/h3-8H,9H2,1-2H3,(H,21,25). The van der Waals surface area contributed by atoms with Crippen LogP contribution in [0.15, 0.2) is 36.5 Å². The second kappa shape index (κ2) is 6.03. The number of nitrogens with one attached hydrogen (secondary N) is 1. The summed E-state index contributed by atoms with van der Waals surface area (Å²) in [5.41, 5.74) is 2.79. The number of ether oxygens (including phenoxy) is 1. The van der Waals surface area contributed by atoms with Crippen LogP contribution in [0.4, 0.5) is 11.4 Å². The Morgan fingerprint density at radius 1 is 1.31 bits per heavy atom. The Bertz CT molecular complexity index is 1060. The van der Waals surface area contributed by atoms with Crippen LogP contribution in [0.1, 0.15) is 16.2 Å². The lowest BCUT2D eigenvalue weighted by molar-refractivity contribution is -0.120. The first-order valence-corrected chi connectivity index (χ1v) is 8.31. The maximum atomic E-state index is 12.8. The molecule has 26 heavy (non-hydrogen) atoms. The Morgan fingerprint density at radius 3 is 2.92 bits per heavy atom. The minimum atomic E-state index is -0.303. The minimum absolute atomic E-state index is 0.0127. The van der Waals surface area contributed by atoms with Gasteiger partial charge in [-0.15, -0.1) is 0 Å². The number of carbonyl (C=O) groups is 2. The topological polar surface area (TPSA) is 75.9 Å². The molecule has 0 unspecified atom stereocenters. The third-order valence-corrected chi connectivity index (χ3v) is 4.52. The van der Waals surface area contributed by atoms with Crippen molar-refractivity contribution >= 4 is 40.4 Å². The molecule has 1 N–H and O–H groups in total. The van der Waals surface area contributed by atoms with Gasteiger partial charge >= 0.3 is 0 Å². The number of anilines is 2. The Labute approximate surface area is 154 Å². The van der Waals surface area contributed by atoms with Gasteiger partial charge in [0.15, 0.2) is 6.61 Å². The van der Waals surface area contributed by atoms with E-state index in [-0.39, 0.29) is 18.4 Å². The molecule has 1 aliphatic heterocycles.